The zero-order chi connectivity index (χ0) is 17.8. The highest BCUT2D eigenvalue weighted by molar-refractivity contribution is 8.01. The number of aryl methyl sites for hydroxylation is 1. The van der Waals surface area contributed by atoms with Crippen LogP contribution < -0.4 is 5.32 Å². The van der Waals surface area contributed by atoms with Gasteiger partial charge in [0, 0.05) is 18.8 Å². The van der Waals surface area contributed by atoms with Gasteiger partial charge in [0.15, 0.2) is 4.34 Å². The van der Waals surface area contributed by atoms with Crippen molar-refractivity contribution >= 4 is 39.8 Å². The maximum absolute atomic E-state index is 12.4. The lowest BCUT2D eigenvalue weighted by Crippen LogP contribution is -2.43. The van der Waals surface area contributed by atoms with Crippen molar-refractivity contribution in [2.45, 2.75) is 31.5 Å². The number of benzene rings is 1. The number of anilines is 2. The fourth-order valence-electron chi connectivity index (χ4n) is 3.25. The lowest BCUT2D eigenvalue weighted by molar-refractivity contribution is -0.130. The third-order valence-electron chi connectivity index (χ3n) is 4.22. The molecule has 1 aromatic heterocycles. The summed E-state index contributed by atoms with van der Waals surface area (Å²) in [5.41, 5.74) is 2.19. The molecular weight excluding hydrogens is 352 g/mol. The van der Waals surface area contributed by atoms with Gasteiger partial charge in [0.05, 0.1) is 5.75 Å². The van der Waals surface area contributed by atoms with Crippen molar-refractivity contribution in [3.8, 4) is 0 Å². The minimum Gasteiger partial charge on any atom is -0.341 e. The Hall–Kier alpha value is -1.60. The Morgan fingerprint density at radius 1 is 1.32 bits per heavy atom. The highest BCUT2D eigenvalue weighted by Crippen LogP contribution is 2.29. The third kappa shape index (κ3) is 5.19. The molecule has 1 fully saturated rings. The number of aromatic nitrogens is 2. The monoisotopic (exact) mass is 376 g/mol. The van der Waals surface area contributed by atoms with E-state index in [-0.39, 0.29) is 5.91 Å². The zero-order valence-corrected chi connectivity index (χ0v) is 16.5. The van der Waals surface area contributed by atoms with E-state index in [1.54, 1.807) is 0 Å². The lowest BCUT2D eigenvalue weighted by atomic mass is 9.92. The molecule has 2 aromatic rings. The first kappa shape index (κ1) is 18.2. The molecule has 0 saturated carbocycles. The number of carbonyl (C=O) groups is 1. The maximum atomic E-state index is 12.4. The van der Waals surface area contributed by atoms with Crippen LogP contribution in [0.3, 0.4) is 0 Å². The molecule has 25 heavy (non-hydrogen) atoms. The van der Waals surface area contributed by atoms with Crippen LogP contribution in [-0.4, -0.2) is 39.8 Å². The summed E-state index contributed by atoms with van der Waals surface area (Å²) in [5, 5.41) is 12.4. The molecule has 0 bridgehead atoms. The Kier molecular flexibility index (Phi) is 5.96. The molecular formula is C18H24N4OS2. The Morgan fingerprint density at radius 2 is 2.08 bits per heavy atom. The molecule has 2 heterocycles. The minimum atomic E-state index is 0.201. The maximum Gasteiger partial charge on any atom is 0.233 e. The highest BCUT2D eigenvalue weighted by Gasteiger charge is 2.25. The molecule has 0 aliphatic carbocycles. The molecule has 0 spiro atoms. The van der Waals surface area contributed by atoms with Crippen LogP contribution in [0.1, 0.15) is 25.8 Å². The molecule has 1 aromatic carbocycles. The number of rotatable bonds is 5. The van der Waals surface area contributed by atoms with E-state index < -0.39 is 0 Å². The van der Waals surface area contributed by atoms with E-state index in [1.807, 2.05) is 17.0 Å². The van der Waals surface area contributed by atoms with Crippen molar-refractivity contribution in [3.05, 3.63) is 29.8 Å². The largest absolute Gasteiger partial charge is 0.341 e. The second kappa shape index (κ2) is 8.19. The molecule has 0 radical (unpaired) electrons. The molecule has 1 aliphatic rings. The summed E-state index contributed by atoms with van der Waals surface area (Å²) in [5.74, 6) is 1.80. The Bertz CT molecular complexity index is 723. The number of hydrogen-bond acceptors (Lipinski definition) is 6. The fraction of sp³-hybridized carbons (Fsp3) is 0.500. The van der Waals surface area contributed by atoms with Crippen molar-refractivity contribution in [2.24, 2.45) is 11.8 Å². The van der Waals surface area contributed by atoms with Gasteiger partial charge in [-0.2, -0.15) is 0 Å². The quantitative estimate of drug-likeness (QED) is 0.793. The first-order chi connectivity index (χ1) is 12.0. The first-order valence-electron chi connectivity index (χ1n) is 8.57. The number of carbonyl (C=O) groups excluding carboxylic acids is 1. The summed E-state index contributed by atoms with van der Waals surface area (Å²) in [6.45, 7) is 8.24. The molecule has 1 N–H and O–H groups in total. The van der Waals surface area contributed by atoms with Gasteiger partial charge in [-0.1, -0.05) is 49.1 Å². The summed E-state index contributed by atoms with van der Waals surface area (Å²) in [7, 11) is 0. The number of amides is 1. The van der Waals surface area contributed by atoms with Gasteiger partial charge in [-0.25, -0.2) is 0 Å². The van der Waals surface area contributed by atoms with Gasteiger partial charge in [-0.3, -0.25) is 4.79 Å². The van der Waals surface area contributed by atoms with Crippen molar-refractivity contribution < 1.29 is 4.79 Å². The zero-order valence-electron chi connectivity index (χ0n) is 14.9. The normalized spacial score (nSPS) is 20.5. The lowest BCUT2D eigenvalue weighted by Gasteiger charge is -2.34. The molecule has 134 valence electrons. The summed E-state index contributed by atoms with van der Waals surface area (Å²) >= 11 is 2.96. The van der Waals surface area contributed by atoms with Gasteiger partial charge >= 0.3 is 0 Å². The van der Waals surface area contributed by atoms with Gasteiger partial charge < -0.3 is 10.2 Å². The van der Waals surface area contributed by atoms with Crippen molar-refractivity contribution in [3.63, 3.8) is 0 Å². The van der Waals surface area contributed by atoms with E-state index in [1.165, 1.54) is 35.1 Å². The summed E-state index contributed by atoms with van der Waals surface area (Å²) in [6, 6.07) is 8.13. The average Bonchev–Trinajstić information content (AvgIpc) is 2.99. The van der Waals surface area contributed by atoms with Crippen molar-refractivity contribution in [2.75, 3.05) is 24.2 Å². The number of nitrogens with zero attached hydrogens (tertiary/aromatic N) is 3. The minimum absolute atomic E-state index is 0.201. The number of piperidine rings is 1. The van der Waals surface area contributed by atoms with E-state index in [2.05, 4.69) is 48.4 Å². The van der Waals surface area contributed by atoms with Crippen LogP contribution in [0.5, 0.6) is 0 Å². The summed E-state index contributed by atoms with van der Waals surface area (Å²) in [4.78, 5) is 14.4. The van der Waals surface area contributed by atoms with Gasteiger partial charge in [-0.05, 0) is 42.9 Å². The van der Waals surface area contributed by atoms with Gasteiger partial charge in [0.25, 0.3) is 0 Å². The summed E-state index contributed by atoms with van der Waals surface area (Å²) < 4.78 is 0.821. The number of hydrogen-bond donors (Lipinski definition) is 1. The van der Waals surface area contributed by atoms with E-state index in [9.17, 15) is 4.79 Å². The smallest absolute Gasteiger partial charge is 0.233 e. The first-order valence-corrected chi connectivity index (χ1v) is 10.4. The summed E-state index contributed by atoms with van der Waals surface area (Å²) in [6.07, 6.45) is 1.21. The predicted octanol–water partition coefficient (Wildman–Crippen LogP) is 4.19. The van der Waals surface area contributed by atoms with Crippen LogP contribution in [0.4, 0.5) is 10.8 Å². The second-order valence-corrected chi connectivity index (χ2v) is 9.10. The number of thioether (sulfide) groups is 1. The Labute approximate surface area is 157 Å². The van der Waals surface area contributed by atoms with Crippen LogP contribution in [0.15, 0.2) is 28.6 Å². The number of nitrogens with one attached hydrogen (secondary N) is 1. The SMILES string of the molecule is Cc1cccc(Nc2nnc(SCC(=O)N3C[C@@H](C)C[C@H](C)C3)s2)c1. The van der Waals surface area contributed by atoms with Gasteiger partial charge in [-0.15, -0.1) is 10.2 Å². The van der Waals surface area contributed by atoms with E-state index in [4.69, 9.17) is 0 Å². The van der Waals surface area contributed by atoms with E-state index >= 15 is 0 Å². The molecule has 1 aliphatic heterocycles. The van der Waals surface area contributed by atoms with Gasteiger partial charge in [0.1, 0.15) is 0 Å². The van der Waals surface area contributed by atoms with Crippen LogP contribution in [0, 0.1) is 18.8 Å². The standard InChI is InChI=1S/C18H24N4OS2/c1-12-5-4-6-15(8-12)19-17-20-21-18(25-17)24-11-16(23)22-9-13(2)7-14(3)10-22/h4-6,8,13-14H,7,9-11H2,1-3H3,(H,19,20)/t13-,14-/m0/s1. The fourth-order valence-corrected chi connectivity index (χ4v) is 4.92. The van der Waals surface area contributed by atoms with Crippen LogP contribution in [-0.2, 0) is 4.79 Å². The Balaban J connectivity index is 1.52. The van der Waals surface area contributed by atoms with E-state index in [0.717, 1.165) is 28.2 Å². The highest BCUT2D eigenvalue weighted by atomic mass is 32.2. The average molecular weight is 377 g/mol. The molecule has 7 heteroatoms. The van der Waals surface area contributed by atoms with Crippen LogP contribution in [0.2, 0.25) is 0 Å². The van der Waals surface area contributed by atoms with Crippen molar-refractivity contribution in [1.82, 2.24) is 15.1 Å². The second-order valence-electron chi connectivity index (χ2n) is 6.90. The van der Waals surface area contributed by atoms with Gasteiger partial charge in [0.2, 0.25) is 11.0 Å². The topological polar surface area (TPSA) is 58.1 Å². The van der Waals surface area contributed by atoms with Crippen molar-refractivity contribution in [1.29, 1.82) is 0 Å². The number of likely N-dealkylation sites (tertiary alicyclic amines) is 1. The van der Waals surface area contributed by atoms with Crippen LogP contribution in [0.25, 0.3) is 0 Å². The van der Waals surface area contributed by atoms with E-state index in [0.29, 0.717) is 17.6 Å². The predicted molar refractivity (Wildman–Crippen MR) is 105 cm³/mol. The Morgan fingerprint density at radius 3 is 2.80 bits per heavy atom. The molecule has 0 unspecified atom stereocenters. The molecule has 5 nitrogen and oxygen atoms in total. The van der Waals surface area contributed by atoms with Crippen LogP contribution >= 0.6 is 23.1 Å². The third-order valence-corrected chi connectivity index (χ3v) is 6.17. The molecule has 1 saturated heterocycles. The molecule has 2 atom stereocenters. The molecule has 1 amide bonds. The molecule has 3 rings (SSSR count).